The number of hydrogen-bond acceptors (Lipinski definition) is 6. The molecule has 7 nitrogen and oxygen atoms in total. The van der Waals surface area contributed by atoms with Gasteiger partial charge < -0.3 is 15.1 Å². The molecule has 0 bridgehead atoms. The first-order chi connectivity index (χ1) is 10.2. The Balaban J connectivity index is 2.06. The molecule has 1 aliphatic heterocycles. The fourth-order valence-corrected chi connectivity index (χ4v) is 3.02. The Morgan fingerprint density at radius 2 is 2.24 bits per heavy atom. The van der Waals surface area contributed by atoms with Crippen molar-refractivity contribution in [1.82, 2.24) is 25.1 Å². The van der Waals surface area contributed by atoms with Crippen molar-refractivity contribution < 1.29 is 0 Å². The quantitative estimate of drug-likeness (QED) is 0.888. The van der Waals surface area contributed by atoms with Crippen LogP contribution in [-0.4, -0.2) is 64.8 Å². The number of rotatable bonds is 3. The van der Waals surface area contributed by atoms with E-state index in [4.69, 9.17) is 4.98 Å². The maximum atomic E-state index is 4.71. The van der Waals surface area contributed by atoms with Crippen LogP contribution in [0, 0.1) is 0 Å². The highest BCUT2D eigenvalue weighted by molar-refractivity contribution is 5.87. The molecule has 0 saturated carbocycles. The predicted octanol–water partition coefficient (Wildman–Crippen LogP) is 1.32. The summed E-state index contributed by atoms with van der Waals surface area (Å²) in [5.41, 5.74) is 0.789. The van der Waals surface area contributed by atoms with Gasteiger partial charge in [-0.25, -0.2) is 0 Å². The molecule has 1 atom stereocenters. The summed E-state index contributed by atoms with van der Waals surface area (Å²) in [6.45, 7) is 5.45. The van der Waals surface area contributed by atoms with E-state index in [1.165, 1.54) is 0 Å². The maximum Gasteiger partial charge on any atom is 0.226 e. The molecule has 7 heteroatoms. The van der Waals surface area contributed by atoms with Gasteiger partial charge in [0.25, 0.3) is 0 Å². The molecule has 21 heavy (non-hydrogen) atoms. The van der Waals surface area contributed by atoms with Gasteiger partial charge in [-0.2, -0.15) is 15.1 Å². The minimum atomic E-state index is 0.468. The minimum Gasteiger partial charge on any atom is -0.357 e. The SMILES string of the molecule is CCC1CN(C)CCCN1c1nc(NC)nc2[nH]ncc12. The zero-order valence-electron chi connectivity index (χ0n) is 12.9. The molecule has 3 rings (SSSR count). The third kappa shape index (κ3) is 2.65. The van der Waals surface area contributed by atoms with Gasteiger partial charge in [-0.15, -0.1) is 0 Å². The average molecular weight is 289 g/mol. The molecule has 0 spiro atoms. The topological polar surface area (TPSA) is 73.0 Å². The maximum absolute atomic E-state index is 4.71. The van der Waals surface area contributed by atoms with Crippen molar-refractivity contribution in [2.45, 2.75) is 25.8 Å². The Hall–Kier alpha value is -1.89. The van der Waals surface area contributed by atoms with E-state index in [0.717, 1.165) is 49.3 Å². The summed E-state index contributed by atoms with van der Waals surface area (Å²) < 4.78 is 0. The zero-order chi connectivity index (χ0) is 14.8. The van der Waals surface area contributed by atoms with Crippen LogP contribution in [0.2, 0.25) is 0 Å². The van der Waals surface area contributed by atoms with Crippen molar-refractivity contribution in [3.05, 3.63) is 6.20 Å². The number of aromatic nitrogens is 4. The van der Waals surface area contributed by atoms with Gasteiger partial charge in [-0.1, -0.05) is 6.92 Å². The smallest absolute Gasteiger partial charge is 0.226 e. The fourth-order valence-electron chi connectivity index (χ4n) is 3.02. The number of hydrogen-bond donors (Lipinski definition) is 2. The fraction of sp³-hybridized carbons (Fsp3) is 0.643. The number of fused-ring (bicyclic) bond motifs is 1. The van der Waals surface area contributed by atoms with Crippen LogP contribution in [0.3, 0.4) is 0 Å². The summed E-state index contributed by atoms with van der Waals surface area (Å²) in [5, 5.41) is 11.1. The molecule has 3 heterocycles. The minimum absolute atomic E-state index is 0.468. The lowest BCUT2D eigenvalue weighted by atomic mass is 10.1. The van der Waals surface area contributed by atoms with Crippen molar-refractivity contribution in [2.75, 3.05) is 43.9 Å². The Kier molecular flexibility index (Phi) is 3.92. The van der Waals surface area contributed by atoms with Gasteiger partial charge in [-0.3, -0.25) is 5.10 Å². The number of nitrogens with zero attached hydrogens (tertiary/aromatic N) is 5. The lowest BCUT2D eigenvalue weighted by molar-refractivity contribution is 0.328. The highest BCUT2D eigenvalue weighted by Gasteiger charge is 2.25. The molecule has 0 aromatic carbocycles. The van der Waals surface area contributed by atoms with Gasteiger partial charge in [0, 0.05) is 26.2 Å². The van der Waals surface area contributed by atoms with Crippen LogP contribution < -0.4 is 10.2 Å². The van der Waals surface area contributed by atoms with Crippen molar-refractivity contribution >= 4 is 22.8 Å². The van der Waals surface area contributed by atoms with Crippen LogP contribution in [0.1, 0.15) is 19.8 Å². The standard InChI is InChI=1S/C14H23N7/c1-4-10-9-20(3)6-5-7-21(10)13-11-8-16-19-12(11)17-14(15-2)18-13/h8,10H,4-7,9H2,1-3H3,(H2,15,16,17,18,19). The predicted molar refractivity (Wildman–Crippen MR) is 84.8 cm³/mol. The van der Waals surface area contributed by atoms with E-state index in [1.807, 2.05) is 13.2 Å². The summed E-state index contributed by atoms with van der Waals surface area (Å²) in [4.78, 5) is 14.0. The molecule has 1 aliphatic rings. The van der Waals surface area contributed by atoms with Crippen molar-refractivity contribution in [1.29, 1.82) is 0 Å². The van der Waals surface area contributed by atoms with E-state index in [1.54, 1.807) is 0 Å². The third-order valence-electron chi connectivity index (χ3n) is 4.16. The number of H-pyrrole nitrogens is 1. The second kappa shape index (κ2) is 5.85. The summed E-state index contributed by atoms with van der Waals surface area (Å²) in [6.07, 6.45) is 4.07. The third-order valence-corrected chi connectivity index (χ3v) is 4.16. The second-order valence-corrected chi connectivity index (χ2v) is 5.62. The van der Waals surface area contributed by atoms with Crippen LogP contribution in [0.4, 0.5) is 11.8 Å². The second-order valence-electron chi connectivity index (χ2n) is 5.62. The van der Waals surface area contributed by atoms with E-state index >= 15 is 0 Å². The molecule has 2 aromatic heterocycles. The van der Waals surface area contributed by atoms with E-state index in [9.17, 15) is 0 Å². The number of aromatic amines is 1. The van der Waals surface area contributed by atoms with Gasteiger partial charge in [0.2, 0.25) is 5.95 Å². The molecule has 1 saturated heterocycles. The molecule has 0 aliphatic carbocycles. The largest absolute Gasteiger partial charge is 0.357 e. The monoisotopic (exact) mass is 289 g/mol. The first-order valence-electron chi connectivity index (χ1n) is 7.57. The first-order valence-corrected chi connectivity index (χ1v) is 7.57. The van der Waals surface area contributed by atoms with E-state index in [0.29, 0.717) is 12.0 Å². The molecule has 114 valence electrons. The van der Waals surface area contributed by atoms with E-state index in [2.05, 4.69) is 44.3 Å². The van der Waals surface area contributed by atoms with Crippen LogP contribution in [-0.2, 0) is 0 Å². The highest BCUT2D eigenvalue weighted by Crippen LogP contribution is 2.27. The zero-order valence-corrected chi connectivity index (χ0v) is 12.9. The molecule has 0 amide bonds. The summed E-state index contributed by atoms with van der Waals surface area (Å²) in [6, 6.07) is 0.468. The molecular weight excluding hydrogens is 266 g/mol. The first kappa shape index (κ1) is 14.1. The van der Waals surface area contributed by atoms with E-state index < -0.39 is 0 Å². The van der Waals surface area contributed by atoms with Gasteiger partial charge in [0.1, 0.15) is 5.82 Å². The molecule has 1 fully saturated rings. The molecule has 2 aromatic rings. The number of nitrogens with one attached hydrogen (secondary N) is 2. The summed E-state index contributed by atoms with van der Waals surface area (Å²) in [7, 11) is 4.04. The van der Waals surface area contributed by atoms with Crippen molar-refractivity contribution in [2.24, 2.45) is 0 Å². The Labute approximate surface area is 124 Å². The normalized spacial score (nSPS) is 20.7. The van der Waals surface area contributed by atoms with Crippen LogP contribution in [0.15, 0.2) is 6.20 Å². The average Bonchev–Trinajstić information content (AvgIpc) is 2.89. The van der Waals surface area contributed by atoms with E-state index in [-0.39, 0.29) is 0 Å². The van der Waals surface area contributed by atoms with Crippen LogP contribution in [0.5, 0.6) is 0 Å². The Morgan fingerprint density at radius 3 is 3.00 bits per heavy atom. The van der Waals surface area contributed by atoms with Gasteiger partial charge in [-0.05, 0) is 26.4 Å². The molecule has 1 unspecified atom stereocenters. The molecule has 2 N–H and O–H groups in total. The molecular formula is C14H23N7. The van der Waals surface area contributed by atoms with Crippen LogP contribution >= 0.6 is 0 Å². The lowest BCUT2D eigenvalue weighted by Crippen LogP contribution is -2.40. The van der Waals surface area contributed by atoms with Gasteiger partial charge in [0.05, 0.1) is 11.6 Å². The van der Waals surface area contributed by atoms with Crippen molar-refractivity contribution in [3.8, 4) is 0 Å². The number of anilines is 2. The van der Waals surface area contributed by atoms with Gasteiger partial charge >= 0.3 is 0 Å². The summed E-state index contributed by atoms with van der Waals surface area (Å²) >= 11 is 0. The van der Waals surface area contributed by atoms with Crippen molar-refractivity contribution in [3.63, 3.8) is 0 Å². The number of likely N-dealkylation sites (N-methyl/N-ethyl adjacent to an activating group) is 1. The Bertz CT molecular complexity index is 608. The molecule has 0 radical (unpaired) electrons. The van der Waals surface area contributed by atoms with Crippen LogP contribution in [0.25, 0.3) is 11.0 Å². The van der Waals surface area contributed by atoms with Gasteiger partial charge in [0.15, 0.2) is 5.65 Å². The highest BCUT2D eigenvalue weighted by atomic mass is 15.3. The lowest BCUT2D eigenvalue weighted by Gasteiger charge is -2.31. The Morgan fingerprint density at radius 1 is 1.38 bits per heavy atom. The summed E-state index contributed by atoms with van der Waals surface area (Å²) in [5.74, 6) is 1.62.